The summed E-state index contributed by atoms with van der Waals surface area (Å²) < 4.78 is 2.07. The van der Waals surface area contributed by atoms with Crippen LogP contribution in [0.1, 0.15) is 5.56 Å². The number of aryl methyl sites for hydroxylation is 1. The molecule has 15 heavy (non-hydrogen) atoms. The largest absolute Gasteiger partial charge is 0.350 e. The Morgan fingerprint density at radius 2 is 1.87 bits per heavy atom. The maximum atomic E-state index is 5.86. The molecule has 78 valence electrons. The third-order valence-corrected chi connectivity index (χ3v) is 2.75. The quantitative estimate of drug-likeness (QED) is 0.829. The van der Waals surface area contributed by atoms with Crippen LogP contribution in [0.15, 0.2) is 36.5 Å². The molecule has 0 atom stereocenters. The van der Waals surface area contributed by atoms with Gasteiger partial charge in [0.25, 0.3) is 0 Å². The van der Waals surface area contributed by atoms with Crippen LogP contribution in [-0.4, -0.2) is 4.57 Å². The Morgan fingerprint density at radius 1 is 1.20 bits per heavy atom. The lowest BCUT2D eigenvalue weighted by atomic mass is 10.1. The molecule has 0 amide bonds. The fourth-order valence-corrected chi connectivity index (χ4v) is 1.87. The first-order chi connectivity index (χ1) is 7.22. The molecule has 2 rings (SSSR count). The summed E-state index contributed by atoms with van der Waals surface area (Å²) in [5, 5.41) is 0.752. The predicted molar refractivity (Wildman–Crippen MR) is 63.8 cm³/mol. The summed E-state index contributed by atoms with van der Waals surface area (Å²) in [5.41, 5.74) is 9.15. The lowest BCUT2D eigenvalue weighted by Gasteiger charge is -2.06. The minimum Gasteiger partial charge on any atom is -0.350 e. The molecule has 0 aliphatic rings. The van der Waals surface area contributed by atoms with Crippen LogP contribution in [0.2, 0.25) is 5.02 Å². The fourth-order valence-electron chi connectivity index (χ4n) is 1.74. The topological polar surface area (TPSA) is 30.9 Å². The normalized spacial score (nSPS) is 10.6. The number of nitrogens with two attached hydrogens (primary N) is 1. The SMILES string of the molecule is Cn1ccc(CN)c1-c1ccc(Cl)cc1. The van der Waals surface area contributed by atoms with Crippen LogP contribution < -0.4 is 5.73 Å². The lowest BCUT2D eigenvalue weighted by Crippen LogP contribution is -1.99. The monoisotopic (exact) mass is 220 g/mol. The molecular formula is C12H13ClN2. The second-order valence-corrected chi connectivity index (χ2v) is 3.95. The van der Waals surface area contributed by atoms with E-state index in [1.165, 1.54) is 0 Å². The zero-order valence-electron chi connectivity index (χ0n) is 8.57. The predicted octanol–water partition coefficient (Wildman–Crippen LogP) is 2.80. The van der Waals surface area contributed by atoms with Gasteiger partial charge < -0.3 is 10.3 Å². The Bertz CT molecular complexity index is 457. The van der Waals surface area contributed by atoms with E-state index in [1.54, 1.807) is 0 Å². The second kappa shape index (κ2) is 4.09. The Kier molecular flexibility index (Phi) is 2.80. The molecule has 1 aromatic carbocycles. The van der Waals surface area contributed by atoms with Gasteiger partial charge in [0.2, 0.25) is 0 Å². The first-order valence-corrected chi connectivity index (χ1v) is 5.20. The molecule has 2 N–H and O–H groups in total. The number of rotatable bonds is 2. The summed E-state index contributed by atoms with van der Waals surface area (Å²) >= 11 is 5.86. The molecule has 0 aliphatic heterocycles. The molecule has 0 radical (unpaired) electrons. The summed E-state index contributed by atoms with van der Waals surface area (Å²) in [6.07, 6.45) is 2.02. The van der Waals surface area contributed by atoms with Crippen LogP contribution in [0.3, 0.4) is 0 Å². The van der Waals surface area contributed by atoms with Gasteiger partial charge in [-0.05, 0) is 29.3 Å². The Labute approximate surface area is 94.3 Å². The standard InChI is InChI=1S/C12H13ClN2/c1-15-7-6-10(8-14)12(15)9-2-4-11(13)5-3-9/h2-7H,8,14H2,1H3. The van der Waals surface area contributed by atoms with Crippen LogP contribution >= 0.6 is 11.6 Å². The molecule has 0 unspecified atom stereocenters. The Hall–Kier alpha value is -1.25. The summed E-state index contributed by atoms with van der Waals surface area (Å²) in [5.74, 6) is 0. The molecule has 1 heterocycles. The van der Waals surface area contributed by atoms with E-state index in [0.29, 0.717) is 6.54 Å². The average molecular weight is 221 g/mol. The number of aromatic nitrogens is 1. The van der Waals surface area contributed by atoms with Crippen molar-refractivity contribution in [1.29, 1.82) is 0 Å². The first kappa shape index (κ1) is 10.3. The van der Waals surface area contributed by atoms with Crippen molar-refractivity contribution < 1.29 is 0 Å². The highest BCUT2D eigenvalue weighted by atomic mass is 35.5. The Morgan fingerprint density at radius 3 is 2.47 bits per heavy atom. The van der Waals surface area contributed by atoms with Gasteiger partial charge in [-0.25, -0.2) is 0 Å². The summed E-state index contributed by atoms with van der Waals surface area (Å²) in [7, 11) is 2.02. The maximum Gasteiger partial charge on any atom is 0.0523 e. The number of nitrogens with zero attached hydrogens (tertiary/aromatic N) is 1. The van der Waals surface area contributed by atoms with Gasteiger partial charge in [-0.3, -0.25) is 0 Å². The molecular weight excluding hydrogens is 208 g/mol. The van der Waals surface area contributed by atoms with Gasteiger partial charge in [0.15, 0.2) is 0 Å². The van der Waals surface area contributed by atoms with E-state index in [4.69, 9.17) is 17.3 Å². The van der Waals surface area contributed by atoms with Gasteiger partial charge in [0.05, 0.1) is 5.69 Å². The van der Waals surface area contributed by atoms with Gasteiger partial charge in [-0.1, -0.05) is 23.7 Å². The zero-order valence-corrected chi connectivity index (χ0v) is 9.33. The van der Waals surface area contributed by atoms with Gasteiger partial charge >= 0.3 is 0 Å². The van der Waals surface area contributed by atoms with Crippen molar-refractivity contribution in [3.63, 3.8) is 0 Å². The minimum absolute atomic E-state index is 0.554. The molecule has 3 heteroatoms. The second-order valence-electron chi connectivity index (χ2n) is 3.51. The molecule has 0 saturated carbocycles. The molecule has 0 spiro atoms. The molecule has 0 aliphatic carbocycles. The van der Waals surface area contributed by atoms with Crippen molar-refractivity contribution in [3.05, 3.63) is 47.1 Å². The molecule has 0 fully saturated rings. The highest BCUT2D eigenvalue weighted by Crippen LogP contribution is 2.25. The van der Waals surface area contributed by atoms with E-state index in [0.717, 1.165) is 21.8 Å². The highest BCUT2D eigenvalue weighted by Gasteiger charge is 2.07. The van der Waals surface area contributed by atoms with Gasteiger partial charge in [-0.15, -0.1) is 0 Å². The average Bonchev–Trinajstić information content (AvgIpc) is 2.61. The van der Waals surface area contributed by atoms with Crippen LogP contribution in [0.25, 0.3) is 11.3 Å². The van der Waals surface area contributed by atoms with Crippen molar-refractivity contribution in [1.82, 2.24) is 4.57 Å². The van der Waals surface area contributed by atoms with Crippen LogP contribution in [0, 0.1) is 0 Å². The van der Waals surface area contributed by atoms with E-state index in [1.807, 2.05) is 43.6 Å². The van der Waals surface area contributed by atoms with Crippen molar-refractivity contribution >= 4 is 11.6 Å². The molecule has 0 saturated heterocycles. The lowest BCUT2D eigenvalue weighted by molar-refractivity contribution is 0.927. The van der Waals surface area contributed by atoms with Gasteiger partial charge in [0, 0.05) is 24.8 Å². The minimum atomic E-state index is 0.554. The fraction of sp³-hybridized carbons (Fsp3) is 0.167. The third kappa shape index (κ3) is 1.91. The van der Waals surface area contributed by atoms with Crippen LogP contribution in [-0.2, 0) is 13.6 Å². The zero-order chi connectivity index (χ0) is 10.8. The third-order valence-electron chi connectivity index (χ3n) is 2.49. The molecule has 1 aromatic heterocycles. The van der Waals surface area contributed by atoms with E-state index >= 15 is 0 Å². The smallest absolute Gasteiger partial charge is 0.0523 e. The highest BCUT2D eigenvalue weighted by molar-refractivity contribution is 6.30. The Balaban J connectivity index is 2.52. The van der Waals surface area contributed by atoms with Crippen molar-refractivity contribution in [2.75, 3.05) is 0 Å². The van der Waals surface area contributed by atoms with Crippen molar-refractivity contribution in [2.45, 2.75) is 6.54 Å². The maximum absolute atomic E-state index is 5.86. The number of hydrogen-bond donors (Lipinski definition) is 1. The van der Waals surface area contributed by atoms with E-state index in [9.17, 15) is 0 Å². The van der Waals surface area contributed by atoms with Crippen LogP contribution in [0.4, 0.5) is 0 Å². The molecule has 0 bridgehead atoms. The van der Waals surface area contributed by atoms with E-state index in [-0.39, 0.29) is 0 Å². The van der Waals surface area contributed by atoms with E-state index < -0.39 is 0 Å². The summed E-state index contributed by atoms with van der Waals surface area (Å²) in [6.45, 7) is 0.554. The van der Waals surface area contributed by atoms with Crippen molar-refractivity contribution in [3.8, 4) is 11.3 Å². The summed E-state index contributed by atoms with van der Waals surface area (Å²) in [6, 6.07) is 9.85. The number of benzene rings is 1. The van der Waals surface area contributed by atoms with E-state index in [2.05, 4.69) is 4.57 Å². The van der Waals surface area contributed by atoms with Gasteiger partial charge in [-0.2, -0.15) is 0 Å². The van der Waals surface area contributed by atoms with Crippen LogP contribution in [0.5, 0.6) is 0 Å². The first-order valence-electron chi connectivity index (χ1n) is 4.82. The van der Waals surface area contributed by atoms with Gasteiger partial charge in [0.1, 0.15) is 0 Å². The number of halogens is 1. The number of hydrogen-bond acceptors (Lipinski definition) is 1. The molecule has 2 aromatic rings. The van der Waals surface area contributed by atoms with Crippen molar-refractivity contribution in [2.24, 2.45) is 12.8 Å². The summed E-state index contributed by atoms with van der Waals surface area (Å²) in [4.78, 5) is 0. The molecule has 2 nitrogen and oxygen atoms in total.